The lowest BCUT2D eigenvalue weighted by Crippen LogP contribution is -2.65. The third kappa shape index (κ3) is 3.19. The fourth-order valence-electron chi connectivity index (χ4n) is 5.81. The number of likely N-dealkylation sites (N-methyl/N-ethyl adjacent to an activating group) is 1. The molecule has 4 rings (SSSR count). The van der Waals surface area contributed by atoms with Gasteiger partial charge >= 0.3 is 0 Å². The Morgan fingerprint density at radius 2 is 1.74 bits per heavy atom. The van der Waals surface area contributed by atoms with E-state index in [0.717, 1.165) is 0 Å². The molecule has 1 aromatic carbocycles. The van der Waals surface area contributed by atoms with Gasteiger partial charge in [-0.3, -0.25) is 19.3 Å². The predicted octanol–water partition coefficient (Wildman–Crippen LogP) is 0.217. The van der Waals surface area contributed by atoms with Crippen molar-refractivity contribution in [3.05, 3.63) is 31.6 Å². The lowest BCUT2D eigenvalue weighted by molar-refractivity contribution is -0.153. The number of phenols is 1. The normalized spacial score (nSPS) is 28.1. The first kappa shape index (κ1) is 25.3. The Bertz CT molecular complexity index is 1270. The Morgan fingerprint density at radius 1 is 1.14 bits per heavy atom. The molecule has 1 fully saturated rings. The number of nitrogens with zero attached hydrogens (tertiary/aromatic N) is 2. The van der Waals surface area contributed by atoms with Crippen molar-refractivity contribution in [2.45, 2.75) is 24.5 Å². The number of fused-ring (bicyclic) bond motifs is 3. The zero-order chi connectivity index (χ0) is 26.3. The summed E-state index contributed by atoms with van der Waals surface area (Å²) >= 11 is 2.00. The van der Waals surface area contributed by atoms with E-state index in [9.17, 15) is 34.8 Å². The van der Waals surface area contributed by atoms with Crippen molar-refractivity contribution in [2.75, 3.05) is 38.8 Å². The van der Waals surface area contributed by atoms with Crippen LogP contribution in [0.25, 0.3) is 5.76 Å². The number of carbonyl (C=O) groups is 3. The average molecular weight is 598 g/mol. The topological polar surface area (TPSA) is 191 Å². The molecule has 0 radical (unpaired) electrons. The summed E-state index contributed by atoms with van der Waals surface area (Å²) in [4.78, 5) is 42.2. The maximum absolute atomic E-state index is 13.8. The smallest absolute Gasteiger partial charge is 0.255 e. The Hall–Kier alpha value is -2.84. The molecule has 188 valence electrons. The fraction of sp³-hybridized carbons (Fsp3) is 0.435. The summed E-state index contributed by atoms with van der Waals surface area (Å²) in [5.41, 5.74) is 8.92. The van der Waals surface area contributed by atoms with Crippen molar-refractivity contribution in [3.8, 4) is 5.75 Å². The Kier molecular flexibility index (Phi) is 5.84. The Labute approximate surface area is 214 Å². The van der Waals surface area contributed by atoms with Crippen LogP contribution in [-0.2, 0) is 20.8 Å². The van der Waals surface area contributed by atoms with Gasteiger partial charge in [0.25, 0.3) is 5.91 Å². The number of rotatable bonds is 3. The molecule has 0 saturated heterocycles. The van der Waals surface area contributed by atoms with E-state index in [1.165, 1.54) is 4.90 Å². The summed E-state index contributed by atoms with van der Waals surface area (Å²) in [6.45, 7) is 0. The number of hydrogen-bond acceptors (Lipinski definition) is 10. The molecule has 12 heteroatoms. The number of nitrogens with two attached hydrogens (primary N) is 2. The van der Waals surface area contributed by atoms with Crippen LogP contribution < -0.4 is 16.4 Å². The lowest BCUT2D eigenvalue weighted by Gasteiger charge is -2.50. The number of aliphatic hydroxyl groups is 3. The second-order valence-corrected chi connectivity index (χ2v) is 10.7. The highest BCUT2D eigenvalue weighted by atomic mass is 127. The van der Waals surface area contributed by atoms with Crippen molar-refractivity contribution in [1.29, 1.82) is 0 Å². The van der Waals surface area contributed by atoms with Gasteiger partial charge in [0.2, 0.25) is 5.78 Å². The summed E-state index contributed by atoms with van der Waals surface area (Å²) < 4.78 is 0.574. The van der Waals surface area contributed by atoms with E-state index in [0.29, 0.717) is 14.8 Å². The molecular formula is C23H27IN4O7. The Balaban J connectivity index is 2.03. The third-order valence-electron chi connectivity index (χ3n) is 7.28. The zero-order valence-electron chi connectivity index (χ0n) is 19.6. The van der Waals surface area contributed by atoms with Gasteiger partial charge in [0.15, 0.2) is 17.1 Å². The number of aromatic hydroxyl groups is 1. The van der Waals surface area contributed by atoms with E-state index in [1.54, 1.807) is 33.1 Å². The van der Waals surface area contributed by atoms with E-state index >= 15 is 0 Å². The summed E-state index contributed by atoms with van der Waals surface area (Å²) in [6, 6.07) is -1.12. The van der Waals surface area contributed by atoms with Gasteiger partial charge in [-0.2, -0.15) is 0 Å². The second kappa shape index (κ2) is 8.10. The molecule has 0 aromatic heterocycles. The largest absolute Gasteiger partial charge is 0.508 e. The molecule has 1 aromatic rings. The molecule has 0 bridgehead atoms. The minimum Gasteiger partial charge on any atom is -0.508 e. The zero-order valence-corrected chi connectivity index (χ0v) is 21.7. The van der Waals surface area contributed by atoms with Gasteiger partial charge in [-0.05, 0) is 61.0 Å². The number of anilines is 2. The first-order chi connectivity index (χ1) is 16.2. The number of halogens is 1. The van der Waals surface area contributed by atoms with Gasteiger partial charge in [-0.15, -0.1) is 0 Å². The molecule has 3 aliphatic rings. The quantitative estimate of drug-likeness (QED) is 0.121. The molecule has 1 saturated carbocycles. The second-order valence-electron chi connectivity index (χ2n) is 9.63. The molecule has 35 heavy (non-hydrogen) atoms. The number of primary amides is 1. The lowest BCUT2D eigenvalue weighted by atomic mass is 9.57. The van der Waals surface area contributed by atoms with E-state index < -0.39 is 63.8 Å². The van der Waals surface area contributed by atoms with Crippen LogP contribution in [0.15, 0.2) is 16.9 Å². The van der Waals surface area contributed by atoms with Crippen LogP contribution in [0.1, 0.15) is 17.5 Å². The number of hydrogen-bond donors (Lipinski definition) is 6. The SMILES string of the molecule is CN(C)c1c(I)c(N)c(O)c2c1CC1CC3[C@H](N(C)C)C(=O)C(C(N)=O)=C(O)[C@@]3(O)C(=O)C1=C2O. The Morgan fingerprint density at radius 3 is 2.26 bits per heavy atom. The molecule has 0 heterocycles. The fourth-order valence-corrected chi connectivity index (χ4v) is 6.88. The summed E-state index contributed by atoms with van der Waals surface area (Å²) in [6.07, 6.45) is 0.228. The first-order valence-electron chi connectivity index (χ1n) is 10.8. The predicted molar refractivity (Wildman–Crippen MR) is 136 cm³/mol. The molecular weight excluding hydrogens is 571 g/mol. The monoisotopic (exact) mass is 598 g/mol. The van der Waals surface area contributed by atoms with Gasteiger partial charge in [0.05, 0.1) is 26.6 Å². The summed E-state index contributed by atoms with van der Waals surface area (Å²) in [7, 11) is 6.68. The standard InChI is InChI=1S/C23H27IN4O7/c1-27(2)15-8-5-7-6-9-16(28(3)4)19(31)12(22(26)34)21(33)23(9,35)20(32)10(7)17(29)11(8)18(30)14(25)13(15)24/h7,9,16,29-30,33,35H,5-6,25H2,1-4H3,(H2,26,34)/t7?,9?,16-,23-/m0/s1. The number of nitrogen functional groups attached to an aromatic ring is 1. The number of carbonyl (C=O) groups excluding carboxylic acids is 3. The van der Waals surface area contributed by atoms with Crippen LogP contribution in [-0.4, -0.2) is 82.6 Å². The molecule has 4 atom stereocenters. The van der Waals surface area contributed by atoms with Crippen LogP contribution in [0.2, 0.25) is 0 Å². The van der Waals surface area contributed by atoms with Crippen LogP contribution in [0.4, 0.5) is 11.4 Å². The highest BCUT2D eigenvalue weighted by Crippen LogP contribution is 2.55. The van der Waals surface area contributed by atoms with Gasteiger partial charge in [0.1, 0.15) is 17.1 Å². The van der Waals surface area contributed by atoms with Crippen molar-refractivity contribution < 1.29 is 34.8 Å². The van der Waals surface area contributed by atoms with Crippen molar-refractivity contribution in [1.82, 2.24) is 4.90 Å². The van der Waals surface area contributed by atoms with Gasteiger partial charge in [-0.1, -0.05) is 0 Å². The number of aliphatic hydroxyl groups excluding tert-OH is 2. The summed E-state index contributed by atoms with van der Waals surface area (Å²) in [5, 5.41) is 44.5. The molecule has 0 aliphatic heterocycles. The molecule has 2 unspecified atom stereocenters. The molecule has 3 aliphatic carbocycles. The van der Waals surface area contributed by atoms with Crippen molar-refractivity contribution in [2.24, 2.45) is 17.6 Å². The maximum atomic E-state index is 13.8. The molecule has 0 spiro atoms. The van der Waals surface area contributed by atoms with E-state index in [1.807, 2.05) is 22.6 Å². The molecule has 11 nitrogen and oxygen atoms in total. The van der Waals surface area contributed by atoms with E-state index in [-0.39, 0.29) is 29.7 Å². The highest BCUT2D eigenvalue weighted by molar-refractivity contribution is 14.1. The number of benzene rings is 1. The summed E-state index contributed by atoms with van der Waals surface area (Å²) in [5.74, 6) is -6.96. The maximum Gasteiger partial charge on any atom is 0.255 e. The van der Waals surface area contributed by atoms with Gasteiger partial charge < -0.3 is 36.8 Å². The first-order valence-corrected chi connectivity index (χ1v) is 11.9. The number of amides is 1. The van der Waals surface area contributed by atoms with Gasteiger partial charge in [0, 0.05) is 25.6 Å². The van der Waals surface area contributed by atoms with E-state index in [4.69, 9.17) is 11.5 Å². The van der Waals surface area contributed by atoms with Crippen LogP contribution in [0, 0.1) is 15.4 Å². The molecule has 1 amide bonds. The van der Waals surface area contributed by atoms with Crippen LogP contribution in [0.5, 0.6) is 5.75 Å². The van der Waals surface area contributed by atoms with Crippen LogP contribution >= 0.6 is 22.6 Å². The van der Waals surface area contributed by atoms with Crippen molar-refractivity contribution >= 4 is 57.2 Å². The van der Waals surface area contributed by atoms with Crippen molar-refractivity contribution in [3.63, 3.8) is 0 Å². The average Bonchev–Trinajstić information content (AvgIpc) is 2.74. The minimum atomic E-state index is -2.67. The van der Waals surface area contributed by atoms with E-state index in [2.05, 4.69) is 0 Å². The number of phenolic OH excluding ortho intramolecular Hbond substituents is 1. The minimum absolute atomic E-state index is 0.0215. The van der Waals surface area contributed by atoms with Gasteiger partial charge in [-0.25, -0.2) is 0 Å². The number of ketones is 2. The van der Waals surface area contributed by atoms with Crippen LogP contribution in [0.3, 0.4) is 0 Å². The highest BCUT2D eigenvalue weighted by Gasteiger charge is 2.64. The molecule has 8 N–H and O–H groups in total. The number of Topliss-reactive ketones (excluding diaryl/α,β-unsaturated/α-hetero) is 2. The third-order valence-corrected chi connectivity index (χ3v) is 8.38.